The monoisotopic (exact) mass is 333 g/mol. The van der Waals surface area contributed by atoms with Crippen LogP contribution in [0.5, 0.6) is 0 Å². The number of nitrogens with one attached hydrogen (secondary N) is 3. The predicted octanol–water partition coefficient (Wildman–Crippen LogP) is 1.52. The molecule has 23 heavy (non-hydrogen) atoms. The first-order chi connectivity index (χ1) is 11.0. The molecule has 1 aromatic carbocycles. The van der Waals surface area contributed by atoms with Gasteiger partial charge in [-0.2, -0.15) is 0 Å². The lowest BCUT2D eigenvalue weighted by atomic mass is 10.1. The van der Waals surface area contributed by atoms with Crippen molar-refractivity contribution in [1.82, 2.24) is 15.6 Å². The molecule has 2 rings (SSSR count). The molecule has 120 valence electrons. The highest BCUT2D eigenvalue weighted by Gasteiger charge is 2.13. The minimum Gasteiger partial charge on any atom is -0.360 e. The average molecular weight is 334 g/mol. The van der Waals surface area contributed by atoms with Crippen LogP contribution in [0, 0.1) is 6.92 Å². The molecule has 0 unspecified atom stereocenters. The minimum atomic E-state index is -0.512. The van der Waals surface area contributed by atoms with Gasteiger partial charge >= 0.3 is 0 Å². The van der Waals surface area contributed by atoms with E-state index < -0.39 is 5.91 Å². The minimum absolute atomic E-state index is 0.00701. The number of carbonyl (C=O) groups is 2. The van der Waals surface area contributed by atoms with Gasteiger partial charge in [-0.05, 0) is 24.6 Å². The molecule has 0 spiro atoms. The van der Waals surface area contributed by atoms with E-state index in [1.54, 1.807) is 19.1 Å². The Labute approximate surface area is 137 Å². The lowest BCUT2D eigenvalue weighted by Gasteiger charge is -2.07. The largest absolute Gasteiger partial charge is 0.360 e. The van der Waals surface area contributed by atoms with Crippen LogP contribution in [0.2, 0.25) is 5.02 Å². The van der Waals surface area contributed by atoms with Gasteiger partial charge in [-0.3, -0.25) is 14.4 Å². The Hall–Kier alpha value is -2.60. The van der Waals surface area contributed by atoms with Crippen molar-refractivity contribution in [2.45, 2.75) is 6.92 Å². The maximum absolute atomic E-state index is 12.4. The van der Waals surface area contributed by atoms with Crippen LogP contribution in [0.25, 0.3) is 10.9 Å². The number of carbonyl (C=O) groups excluding carboxylic acids is 2. The van der Waals surface area contributed by atoms with Gasteiger partial charge in [0.05, 0.1) is 5.52 Å². The van der Waals surface area contributed by atoms with Crippen LogP contribution in [0.3, 0.4) is 0 Å². The van der Waals surface area contributed by atoms with Crippen molar-refractivity contribution in [1.29, 1.82) is 0 Å². The Morgan fingerprint density at radius 3 is 2.78 bits per heavy atom. The SMILES string of the molecule is CNC(=O)C=CCNC(=O)c1c[nH]c2c(C)c(Cl)ccc2c1=O. The van der Waals surface area contributed by atoms with Gasteiger partial charge in [0.1, 0.15) is 5.56 Å². The van der Waals surface area contributed by atoms with E-state index in [1.807, 2.05) is 0 Å². The summed E-state index contributed by atoms with van der Waals surface area (Å²) in [4.78, 5) is 38.4. The molecule has 2 amide bonds. The summed E-state index contributed by atoms with van der Waals surface area (Å²) < 4.78 is 0. The molecular formula is C16H16ClN3O3. The van der Waals surface area contributed by atoms with Crippen molar-refractivity contribution in [3.8, 4) is 0 Å². The smallest absolute Gasteiger partial charge is 0.257 e. The molecule has 0 aliphatic carbocycles. The summed E-state index contributed by atoms with van der Waals surface area (Å²) in [7, 11) is 1.51. The van der Waals surface area contributed by atoms with Crippen LogP contribution in [-0.2, 0) is 4.79 Å². The molecule has 0 bridgehead atoms. The second-order valence-electron chi connectivity index (χ2n) is 4.85. The number of benzene rings is 1. The van der Waals surface area contributed by atoms with Crippen LogP contribution in [0.4, 0.5) is 0 Å². The van der Waals surface area contributed by atoms with E-state index in [9.17, 15) is 14.4 Å². The van der Waals surface area contributed by atoms with E-state index in [0.29, 0.717) is 15.9 Å². The summed E-state index contributed by atoms with van der Waals surface area (Å²) in [5, 5.41) is 5.93. The van der Waals surface area contributed by atoms with Gasteiger partial charge in [0.25, 0.3) is 5.91 Å². The lowest BCUT2D eigenvalue weighted by Crippen LogP contribution is -2.29. The van der Waals surface area contributed by atoms with Crippen LogP contribution < -0.4 is 16.1 Å². The fraction of sp³-hybridized carbons (Fsp3) is 0.188. The molecular weight excluding hydrogens is 318 g/mol. The van der Waals surface area contributed by atoms with Crippen LogP contribution in [-0.4, -0.2) is 30.4 Å². The van der Waals surface area contributed by atoms with Gasteiger partial charge in [0.15, 0.2) is 0 Å². The number of halogens is 1. The van der Waals surface area contributed by atoms with Crippen LogP contribution in [0.15, 0.2) is 35.3 Å². The van der Waals surface area contributed by atoms with E-state index in [0.717, 1.165) is 5.56 Å². The van der Waals surface area contributed by atoms with Crippen molar-refractivity contribution < 1.29 is 9.59 Å². The number of aromatic nitrogens is 1. The normalized spacial score (nSPS) is 10.9. The van der Waals surface area contributed by atoms with E-state index in [-0.39, 0.29) is 23.4 Å². The second kappa shape index (κ2) is 7.11. The number of hydrogen-bond acceptors (Lipinski definition) is 3. The molecule has 0 aliphatic rings. The maximum Gasteiger partial charge on any atom is 0.257 e. The highest BCUT2D eigenvalue weighted by molar-refractivity contribution is 6.32. The van der Waals surface area contributed by atoms with Crippen LogP contribution in [0.1, 0.15) is 15.9 Å². The maximum atomic E-state index is 12.4. The van der Waals surface area contributed by atoms with Crippen molar-refractivity contribution in [3.63, 3.8) is 0 Å². The number of rotatable bonds is 4. The van der Waals surface area contributed by atoms with E-state index in [1.165, 1.54) is 25.4 Å². The van der Waals surface area contributed by atoms with Crippen molar-refractivity contribution in [2.24, 2.45) is 0 Å². The third kappa shape index (κ3) is 3.60. The fourth-order valence-corrected chi connectivity index (χ4v) is 2.24. The topological polar surface area (TPSA) is 91.1 Å². The first-order valence-corrected chi connectivity index (χ1v) is 7.30. The van der Waals surface area contributed by atoms with E-state index in [4.69, 9.17) is 11.6 Å². The third-order valence-electron chi connectivity index (χ3n) is 3.39. The molecule has 0 saturated heterocycles. The quantitative estimate of drug-likeness (QED) is 0.741. The first-order valence-electron chi connectivity index (χ1n) is 6.92. The van der Waals surface area contributed by atoms with E-state index >= 15 is 0 Å². The Bertz CT molecular complexity index is 856. The lowest BCUT2D eigenvalue weighted by molar-refractivity contribution is -0.116. The van der Waals surface area contributed by atoms with Gasteiger partial charge < -0.3 is 15.6 Å². The number of H-pyrrole nitrogens is 1. The summed E-state index contributed by atoms with van der Waals surface area (Å²) in [6, 6.07) is 3.22. The Morgan fingerprint density at radius 1 is 1.35 bits per heavy atom. The number of aryl methyl sites for hydroxylation is 1. The van der Waals surface area contributed by atoms with Crippen LogP contribution >= 0.6 is 11.6 Å². The van der Waals surface area contributed by atoms with Crippen molar-refractivity contribution in [2.75, 3.05) is 13.6 Å². The molecule has 0 saturated carbocycles. The van der Waals surface area contributed by atoms with Gasteiger partial charge in [-0.1, -0.05) is 17.7 Å². The Balaban J connectivity index is 2.24. The molecule has 0 radical (unpaired) electrons. The summed E-state index contributed by atoms with van der Waals surface area (Å²) in [5.74, 6) is -0.780. The number of pyridine rings is 1. The Morgan fingerprint density at radius 2 is 2.09 bits per heavy atom. The Kier molecular flexibility index (Phi) is 5.18. The molecule has 1 aromatic heterocycles. The standard InChI is InChI=1S/C16H16ClN3O3/c1-9-12(17)6-5-10-14(9)20-8-11(15(10)22)16(23)19-7-3-4-13(21)18-2/h3-6,8H,7H2,1-2H3,(H,18,21)(H,19,23)(H,20,22). The summed E-state index contributed by atoms with van der Waals surface area (Å²) in [5.41, 5.74) is 0.999. The number of aromatic amines is 1. The highest BCUT2D eigenvalue weighted by Crippen LogP contribution is 2.21. The van der Waals surface area contributed by atoms with Crippen molar-refractivity contribution in [3.05, 3.63) is 56.9 Å². The molecule has 1 heterocycles. The van der Waals surface area contributed by atoms with Gasteiger partial charge in [0.2, 0.25) is 11.3 Å². The molecule has 6 nitrogen and oxygen atoms in total. The zero-order valence-corrected chi connectivity index (χ0v) is 13.5. The molecule has 0 atom stereocenters. The number of hydrogen-bond donors (Lipinski definition) is 3. The second-order valence-corrected chi connectivity index (χ2v) is 5.26. The number of amides is 2. The third-order valence-corrected chi connectivity index (χ3v) is 3.80. The fourth-order valence-electron chi connectivity index (χ4n) is 2.08. The summed E-state index contributed by atoms with van der Waals surface area (Å²) in [6.45, 7) is 1.94. The van der Waals surface area contributed by atoms with Gasteiger partial charge in [-0.25, -0.2) is 0 Å². The first kappa shape index (κ1) is 16.8. The molecule has 3 N–H and O–H groups in total. The van der Waals surface area contributed by atoms with E-state index in [2.05, 4.69) is 15.6 Å². The predicted molar refractivity (Wildman–Crippen MR) is 89.9 cm³/mol. The molecule has 7 heteroatoms. The average Bonchev–Trinajstić information content (AvgIpc) is 2.55. The zero-order chi connectivity index (χ0) is 17.0. The molecule has 0 aliphatic heterocycles. The summed E-state index contributed by atoms with van der Waals surface area (Å²) in [6.07, 6.45) is 4.16. The number of likely N-dealkylation sites (N-methyl/N-ethyl adjacent to an activating group) is 1. The van der Waals surface area contributed by atoms with Gasteiger partial charge in [0, 0.05) is 36.3 Å². The highest BCUT2D eigenvalue weighted by atomic mass is 35.5. The van der Waals surface area contributed by atoms with Crippen molar-refractivity contribution >= 4 is 34.3 Å². The zero-order valence-electron chi connectivity index (χ0n) is 12.7. The molecule has 0 fully saturated rings. The number of fused-ring (bicyclic) bond motifs is 1. The molecule has 2 aromatic rings. The summed E-state index contributed by atoms with van der Waals surface area (Å²) >= 11 is 6.02. The van der Waals surface area contributed by atoms with Gasteiger partial charge in [-0.15, -0.1) is 0 Å².